The molecule has 0 aliphatic rings. The molecule has 0 atom stereocenters. The lowest BCUT2D eigenvalue weighted by Crippen LogP contribution is -2.18. The van der Waals surface area contributed by atoms with E-state index in [-0.39, 0.29) is 5.91 Å². The molecule has 106 valence electrons. The number of nitrogens with one attached hydrogen (secondary N) is 1. The van der Waals surface area contributed by atoms with E-state index in [1.807, 2.05) is 31.2 Å². The molecule has 0 spiro atoms. The van der Waals surface area contributed by atoms with Crippen LogP contribution in [0, 0.1) is 0 Å². The molecule has 0 saturated carbocycles. The minimum Gasteiger partial charge on any atom is -0.266 e. The Balaban J connectivity index is 2.14. The van der Waals surface area contributed by atoms with E-state index >= 15 is 0 Å². The van der Waals surface area contributed by atoms with Gasteiger partial charge in [-0.05, 0) is 25.8 Å². The highest BCUT2D eigenvalue weighted by molar-refractivity contribution is 7.21. The van der Waals surface area contributed by atoms with Gasteiger partial charge in [0.15, 0.2) is 0 Å². The summed E-state index contributed by atoms with van der Waals surface area (Å²) in [4.78, 5) is 12.6. The maximum absolute atomic E-state index is 12.1. The van der Waals surface area contributed by atoms with E-state index in [1.54, 1.807) is 0 Å². The maximum Gasteiger partial charge on any atom is 0.283 e. The minimum atomic E-state index is -0.243. The van der Waals surface area contributed by atoms with Crippen molar-refractivity contribution in [1.82, 2.24) is 5.43 Å². The number of hydrogen-bond acceptors (Lipinski definition) is 3. The molecule has 0 radical (unpaired) electrons. The quantitative estimate of drug-likeness (QED) is 0.622. The molecule has 0 saturated heterocycles. The molecule has 1 amide bonds. The third-order valence-corrected chi connectivity index (χ3v) is 4.66. The molecule has 2 rings (SSSR count). The number of hydrazone groups is 1. The molecule has 0 aliphatic heterocycles. The van der Waals surface area contributed by atoms with Crippen LogP contribution >= 0.6 is 22.9 Å². The monoisotopic (exact) mass is 308 g/mol. The summed E-state index contributed by atoms with van der Waals surface area (Å²) >= 11 is 7.64. The summed E-state index contributed by atoms with van der Waals surface area (Å²) in [5.41, 5.74) is 3.51. The first-order valence-electron chi connectivity index (χ1n) is 6.64. The lowest BCUT2D eigenvalue weighted by atomic mass is 10.2. The van der Waals surface area contributed by atoms with E-state index in [0.717, 1.165) is 35.1 Å². The average Bonchev–Trinajstić information content (AvgIpc) is 2.80. The Labute approximate surface area is 127 Å². The van der Waals surface area contributed by atoms with Gasteiger partial charge in [0, 0.05) is 15.8 Å². The highest BCUT2D eigenvalue weighted by Crippen LogP contribution is 2.34. The van der Waals surface area contributed by atoms with Crippen molar-refractivity contribution in [3.8, 4) is 0 Å². The molecular weight excluding hydrogens is 292 g/mol. The van der Waals surface area contributed by atoms with Crippen LogP contribution in [0.4, 0.5) is 0 Å². The van der Waals surface area contributed by atoms with Crippen molar-refractivity contribution in [1.29, 1.82) is 0 Å². The predicted octanol–water partition coefficient (Wildman–Crippen LogP) is 4.85. The summed E-state index contributed by atoms with van der Waals surface area (Å²) in [6, 6.07) is 7.72. The van der Waals surface area contributed by atoms with Gasteiger partial charge in [0.2, 0.25) is 0 Å². The lowest BCUT2D eigenvalue weighted by Gasteiger charge is -2.01. The van der Waals surface area contributed by atoms with Gasteiger partial charge >= 0.3 is 0 Å². The number of carbonyl (C=O) groups is 1. The second kappa shape index (κ2) is 6.86. The Kier molecular flexibility index (Phi) is 5.15. The SMILES string of the molecule is CCCC/C(C)=N/NC(=O)c1sc2ccccc2c1Cl. The smallest absolute Gasteiger partial charge is 0.266 e. The van der Waals surface area contributed by atoms with Crippen LogP contribution in [-0.4, -0.2) is 11.6 Å². The van der Waals surface area contributed by atoms with Gasteiger partial charge < -0.3 is 0 Å². The molecule has 2 aromatic rings. The number of carbonyl (C=O) groups excluding carboxylic acids is 1. The van der Waals surface area contributed by atoms with Gasteiger partial charge in [0.25, 0.3) is 5.91 Å². The van der Waals surface area contributed by atoms with E-state index in [0.29, 0.717) is 9.90 Å². The molecule has 5 heteroatoms. The fourth-order valence-electron chi connectivity index (χ4n) is 1.85. The normalized spacial score (nSPS) is 11.8. The molecule has 20 heavy (non-hydrogen) atoms. The molecule has 0 aliphatic carbocycles. The van der Waals surface area contributed by atoms with Crippen molar-refractivity contribution in [3.63, 3.8) is 0 Å². The van der Waals surface area contributed by atoms with Crippen LogP contribution in [0.3, 0.4) is 0 Å². The third-order valence-electron chi connectivity index (χ3n) is 2.98. The van der Waals surface area contributed by atoms with Gasteiger partial charge in [-0.15, -0.1) is 11.3 Å². The van der Waals surface area contributed by atoms with Crippen molar-refractivity contribution in [2.45, 2.75) is 33.1 Å². The number of amides is 1. The van der Waals surface area contributed by atoms with Crippen LogP contribution in [0.15, 0.2) is 29.4 Å². The minimum absolute atomic E-state index is 0.243. The van der Waals surface area contributed by atoms with Crippen molar-refractivity contribution in [2.24, 2.45) is 5.10 Å². The van der Waals surface area contributed by atoms with E-state index in [9.17, 15) is 4.79 Å². The molecule has 3 nitrogen and oxygen atoms in total. The number of benzene rings is 1. The highest BCUT2D eigenvalue weighted by Gasteiger charge is 2.16. The van der Waals surface area contributed by atoms with Crippen molar-refractivity contribution >= 4 is 44.6 Å². The first kappa shape index (κ1) is 15.0. The van der Waals surface area contributed by atoms with Crippen LogP contribution < -0.4 is 5.43 Å². The molecule has 1 aromatic carbocycles. The Hall–Kier alpha value is -1.39. The summed E-state index contributed by atoms with van der Waals surface area (Å²) in [6.07, 6.45) is 3.09. The summed E-state index contributed by atoms with van der Waals surface area (Å²) in [6.45, 7) is 4.05. The molecule has 0 fully saturated rings. The topological polar surface area (TPSA) is 41.5 Å². The summed E-state index contributed by atoms with van der Waals surface area (Å²) < 4.78 is 1.01. The number of nitrogens with zero attached hydrogens (tertiary/aromatic N) is 1. The largest absolute Gasteiger partial charge is 0.283 e. The zero-order valence-electron chi connectivity index (χ0n) is 11.6. The van der Waals surface area contributed by atoms with Gasteiger partial charge in [-0.2, -0.15) is 5.10 Å². The molecule has 1 aromatic heterocycles. The van der Waals surface area contributed by atoms with Gasteiger partial charge in [-0.1, -0.05) is 43.1 Å². The highest BCUT2D eigenvalue weighted by atomic mass is 35.5. The van der Waals surface area contributed by atoms with Crippen LogP contribution in [0.1, 0.15) is 42.8 Å². The van der Waals surface area contributed by atoms with Gasteiger partial charge in [0.1, 0.15) is 4.88 Å². The van der Waals surface area contributed by atoms with Gasteiger partial charge in [0.05, 0.1) is 5.02 Å². The van der Waals surface area contributed by atoms with Crippen LogP contribution in [0.5, 0.6) is 0 Å². The Morgan fingerprint density at radius 1 is 1.40 bits per heavy atom. The molecule has 0 unspecified atom stereocenters. The first-order chi connectivity index (χ1) is 9.63. The first-order valence-corrected chi connectivity index (χ1v) is 7.83. The molecule has 1 heterocycles. The predicted molar refractivity (Wildman–Crippen MR) is 86.9 cm³/mol. The van der Waals surface area contributed by atoms with Crippen LogP contribution in [0.2, 0.25) is 5.02 Å². The Bertz CT molecular complexity index is 648. The zero-order valence-corrected chi connectivity index (χ0v) is 13.1. The third kappa shape index (κ3) is 3.38. The van der Waals surface area contributed by atoms with Crippen LogP contribution in [-0.2, 0) is 0 Å². The summed E-state index contributed by atoms with van der Waals surface area (Å²) in [5, 5.41) is 5.53. The van der Waals surface area contributed by atoms with Crippen LogP contribution in [0.25, 0.3) is 10.1 Å². The van der Waals surface area contributed by atoms with Gasteiger partial charge in [-0.25, -0.2) is 5.43 Å². The van der Waals surface area contributed by atoms with Crippen molar-refractivity contribution in [3.05, 3.63) is 34.2 Å². The van der Waals surface area contributed by atoms with Gasteiger partial charge in [-0.3, -0.25) is 4.79 Å². The van der Waals surface area contributed by atoms with E-state index in [1.165, 1.54) is 11.3 Å². The Morgan fingerprint density at radius 3 is 2.85 bits per heavy atom. The standard InChI is InChI=1S/C15H17ClN2OS/c1-3-4-7-10(2)17-18-15(19)14-13(16)11-8-5-6-9-12(11)20-14/h5-6,8-9H,3-4,7H2,1-2H3,(H,18,19)/b17-10+. The van der Waals surface area contributed by atoms with E-state index in [4.69, 9.17) is 11.6 Å². The molecular formula is C15H17ClN2OS. The summed E-state index contributed by atoms with van der Waals surface area (Å²) in [7, 11) is 0. The summed E-state index contributed by atoms with van der Waals surface area (Å²) in [5.74, 6) is -0.243. The second-order valence-corrected chi connectivity index (χ2v) is 6.06. The fraction of sp³-hybridized carbons (Fsp3) is 0.333. The number of fused-ring (bicyclic) bond motifs is 1. The number of unbranched alkanes of at least 4 members (excludes halogenated alkanes) is 1. The second-order valence-electron chi connectivity index (χ2n) is 4.63. The van der Waals surface area contributed by atoms with E-state index < -0.39 is 0 Å². The number of halogens is 1. The zero-order chi connectivity index (χ0) is 14.5. The molecule has 1 N–H and O–H groups in total. The van der Waals surface area contributed by atoms with Crippen molar-refractivity contribution < 1.29 is 4.79 Å². The number of hydrogen-bond donors (Lipinski definition) is 1. The Morgan fingerprint density at radius 2 is 2.15 bits per heavy atom. The average molecular weight is 309 g/mol. The van der Waals surface area contributed by atoms with Crippen molar-refractivity contribution in [2.75, 3.05) is 0 Å². The maximum atomic E-state index is 12.1. The van der Waals surface area contributed by atoms with E-state index in [2.05, 4.69) is 17.5 Å². The number of thiophene rings is 1. The number of rotatable bonds is 5. The lowest BCUT2D eigenvalue weighted by molar-refractivity contribution is 0.0959. The fourth-order valence-corrected chi connectivity index (χ4v) is 3.25. The molecule has 0 bridgehead atoms.